The lowest BCUT2D eigenvalue weighted by molar-refractivity contribution is -0.133. The van der Waals surface area contributed by atoms with Gasteiger partial charge in [0.15, 0.2) is 0 Å². The summed E-state index contributed by atoms with van der Waals surface area (Å²) in [5.74, 6) is -0.371. The van der Waals surface area contributed by atoms with Gasteiger partial charge in [-0.1, -0.05) is 23.2 Å². The number of amides is 1. The van der Waals surface area contributed by atoms with Gasteiger partial charge in [-0.3, -0.25) is 9.59 Å². The molecule has 0 heterocycles. The maximum atomic E-state index is 11.9. The van der Waals surface area contributed by atoms with Gasteiger partial charge >= 0.3 is 5.97 Å². The molecule has 0 aliphatic rings. The summed E-state index contributed by atoms with van der Waals surface area (Å²) in [6.45, 7) is 2.21. The predicted octanol–water partition coefficient (Wildman–Crippen LogP) is 3.41. The molecule has 1 rings (SSSR count). The van der Waals surface area contributed by atoms with Gasteiger partial charge in [-0.05, 0) is 25.1 Å². The van der Waals surface area contributed by atoms with Crippen LogP contribution in [0.2, 0.25) is 10.0 Å². The van der Waals surface area contributed by atoms with Crippen molar-refractivity contribution in [2.24, 2.45) is 0 Å². The number of carbonyl (C=O) groups is 2. The highest BCUT2D eigenvalue weighted by molar-refractivity contribution is 8.00. The van der Waals surface area contributed by atoms with Gasteiger partial charge in [-0.2, -0.15) is 0 Å². The monoisotopic (exact) mass is 367 g/mol. The lowest BCUT2D eigenvalue weighted by Crippen LogP contribution is -2.32. The molecular weight excluding hydrogens is 353 g/mol. The Bertz CT molecular complexity index is 514. The first kappa shape index (κ1) is 18.5. The Labute approximate surface area is 142 Å². The van der Waals surface area contributed by atoms with Gasteiger partial charge in [-0.25, -0.2) is 0 Å². The van der Waals surface area contributed by atoms with Crippen molar-refractivity contribution in [3.63, 3.8) is 0 Å². The summed E-state index contributed by atoms with van der Waals surface area (Å²) in [4.78, 5) is 23.0. The number of nitrogens with one attached hydrogen (secondary N) is 1. The summed E-state index contributed by atoms with van der Waals surface area (Å²) in [5.41, 5.74) is 0. The molecule has 21 heavy (non-hydrogen) atoms. The Morgan fingerprint density at radius 3 is 2.76 bits per heavy atom. The fourth-order valence-electron chi connectivity index (χ4n) is 1.36. The van der Waals surface area contributed by atoms with E-state index in [0.717, 1.165) is 4.90 Å². The fourth-order valence-corrected chi connectivity index (χ4v) is 3.36. The van der Waals surface area contributed by atoms with E-state index in [0.29, 0.717) is 22.3 Å². The number of benzene rings is 1. The van der Waals surface area contributed by atoms with Crippen LogP contribution in [0.3, 0.4) is 0 Å². The molecule has 1 amide bonds. The summed E-state index contributed by atoms with van der Waals surface area (Å²) in [5, 5.41) is 12.1. The van der Waals surface area contributed by atoms with Crippen LogP contribution in [-0.4, -0.2) is 40.3 Å². The lowest BCUT2D eigenvalue weighted by atomic mass is 10.4. The zero-order valence-corrected chi connectivity index (χ0v) is 14.4. The maximum absolute atomic E-state index is 11.9. The van der Waals surface area contributed by atoms with Crippen LogP contribution in [0.15, 0.2) is 23.1 Å². The number of aliphatic carboxylic acids is 1. The Balaban J connectivity index is 2.37. The Morgan fingerprint density at radius 1 is 1.38 bits per heavy atom. The molecule has 0 saturated heterocycles. The minimum Gasteiger partial charge on any atom is -0.481 e. The second-order valence-corrected chi connectivity index (χ2v) is 7.40. The van der Waals surface area contributed by atoms with Crippen LogP contribution in [-0.2, 0) is 9.59 Å². The molecule has 4 nitrogen and oxygen atoms in total. The van der Waals surface area contributed by atoms with Gasteiger partial charge < -0.3 is 10.4 Å². The molecule has 2 N–H and O–H groups in total. The van der Waals surface area contributed by atoms with E-state index in [1.54, 1.807) is 25.1 Å². The third-order valence-corrected chi connectivity index (χ3v) is 5.12. The minimum absolute atomic E-state index is 0.0400. The van der Waals surface area contributed by atoms with E-state index < -0.39 is 5.97 Å². The molecule has 0 fully saturated rings. The average Bonchev–Trinajstić information content (AvgIpc) is 2.41. The molecule has 1 unspecified atom stereocenters. The molecule has 0 aliphatic heterocycles. The molecule has 0 aromatic heterocycles. The highest BCUT2D eigenvalue weighted by atomic mass is 35.5. The van der Waals surface area contributed by atoms with Crippen LogP contribution < -0.4 is 5.32 Å². The van der Waals surface area contributed by atoms with E-state index in [9.17, 15) is 9.59 Å². The van der Waals surface area contributed by atoms with E-state index in [4.69, 9.17) is 28.3 Å². The quantitative estimate of drug-likeness (QED) is 0.544. The molecule has 0 aliphatic carbocycles. The number of carbonyl (C=O) groups excluding carboxylic acids is 1. The summed E-state index contributed by atoms with van der Waals surface area (Å²) >= 11 is 14.5. The van der Waals surface area contributed by atoms with Crippen molar-refractivity contribution in [3.05, 3.63) is 28.2 Å². The topological polar surface area (TPSA) is 66.4 Å². The Hall–Kier alpha value is -0.560. The van der Waals surface area contributed by atoms with Crippen molar-refractivity contribution in [1.29, 1.82) is 0 Å². The Kier molecular flexibility index (Phi) is 8.33. The molecule has 1 aromatic carbocycles. The van der Waals surface area contributed by atoms with Crippen LogP contribution in [0.5, 0.6) is 0 Å². The maximum Gasteiger partial charge on any atom is 0.313 e. The third-order valence-electron chi connectivity index (χ3n) is 2.34. The average molecular weight is 368 g/mol. The lowest BCUT2D eigenvalue weighted by Gasteiger charge is -2.13. The summed E-state index contributed by atoms with van der Waals surface area (Å²) in [6.07, 6.45) is 0. The summed E-state index contributed by atoms with van der Waals surface area (Å²) in [6, 6.07) is 5.11. The molecule has 0 saturated carbocycles. The normalized spacial score (nSPS) is 12.0. The standard InChI is InChI=1S/C13H15Cl2NO3S2/c1-8(13(19)16-4-5-20-7-12(17)18)21-11-6-9(14)2-3-10(11)15/h2-3,6,8H,4-5,7H2,1H3,(H,16,19)(H,17,18). The SMILES string of the molecule is CC(Sc1cc(Cl)ccc1Cl)C(=O)NCCSCC(=O)O. The first-order chi connectivity index (χ1) is 9.90. The van der Waals surface area contributed by atoms with Crippen molar-refractivity contribution < 1.29 is 14.7 Å². The molecule has 0 spiro atoms. The van der Waals surface area contributed by atoms with Crippen LogP contribution in [0.4, 0.5) is 0 Å². The summed E-state index contributed by atoms with van der Waals surface area (Å²) in [7, 11) is 0. The van der Waals surface area contributed by atoms with E-state index in [2.05, 4.69) is 5.32 Å². The zero-order chi connectivity index (χ0) is 15.8. The van der Waals surface area contributed by atoms with Gasteiger partial charge in [0, 0.05) is 22.2 Å². The molecule has 8 heteroatoms. The van der Waals surface area contributed by atoms with Crippen molar-refractivity contribution in [3.8, 4) is 0 Å². The number of hydrogen-bond donors (Lipinski definition) is 2. The number of rotatable bonds is 8. The number of thioether (sulfide) groups is 2. The van der Waals surface area contributed by atoms with Crippen LogP contribution >= 0.6 is 46.7 Å². The molecule has 1 aromatic rings. The van der Waals surface area contributed by atoms with Gasteiger partial charge in [0.25, 0.3) is 0 Å². The van der Waals surface area contributed by atoms with E-state index in [-0.39, 0.29) is 16.9 Å². The number of halogens is 2. The van der Waals surface area contributed by atoms with Crippen molar-refractivity contribution in [2.45, 2.75) is 17.1 Å². The van der Waals surface area contributed by atoms with Crippen LogP contribution in [0.25, 0.3) is 0 Å². The van der Waals surface area contributed by atoms with Crippen LogP contribution in [0, 0.1) is 0 Å². The van der Waals surface area contributed by atoms with Gasteiger partial charge in [-0.15, -0.1) is 23.5 Å². The fraction of sp³-hybridized carbons (Fsp3) is 0.385. The van der Waals surface area contributed by atoms with Crippen molar-refractivity contribution in [1.82, 2.24) is 5.32 Å². The van der Waals surface area contributed by atoms with Gasteiger partial charge in [0.1, 0.15) is 0 Å². The zero-order valence-electron chi connectivity index (χ0n) is 11.3. The molecular formula is C13H15Cl2NO3S2. The number of hydrogen-bond acceptors (Lipinski definition) is 4. The van der Waals surface area contributed by atoms with E-state index in [1.807, 2.05) is 0 Å². The van der Waals surface area contributed by atoms with Gasteiger partial charge in [0.05, 0.1) is 16.0 Å². The predicted molar refractivity (Wildman–Crippen MR) is 89.8 cm³/mol. The number of carboxylic acids is 1. The second kappa shape index (κ2) is 9.46. The smallest absolute Gasteiger partial charge is 0.313 e. The first-order valence-corrected chi connectivity index (χ1v) is 8.88. The Morgan fingerprint density at radius 2 is 2.10 bits per heavy atom. The second-order valence-electron chi connectivity index (χ2n) is 4.07. The molecule has 0 bridgehead atoms. The van der Waals surface area contributed by atoms with Gasteiger partial charge in [0.2, 0.25) is 5.91 Å². The van der Waals surface area contributed by atoms with Crippen LogP contribution in [0.1, 0.15) is 6.92 Å². The van der Waals surface area contributed by atoms with E-state index in [1.165, 1.54) is 23.5 Å². The molecule has 1 atom stereocenters. The van der Waals surface area contributed by atoms with Crippen molar-refractivity contribution >= 4 is 58.6 Å². The minimum atomic E-state index is -0.856. The number of carboxylic acid groups (broad SMARTS) is 1. The summed E-state index contributed by atoms with van der Waals surface area (Å²) < 4.78 is 0. The highest BCUT2D eigenvalue weighted by Crippen LogP contribution is 2.32. The molecule has 0 radical (unpaired) electrons. The van der Waals surface area contributed by atoms with Crippen molar-refractivity contribution in [2.75, 3.05) is 18.1 Å². The largest absolute Gasteiger partial charge is 0.481 e. The highest BCUT2D eigenvalue weighted by Gasteiger charge is 2.15. The first-order valence-electron chi connectivity index (χ1n) is 6.09. The van der Waals surface area contributed by atoms with E-state index >= 15 is 0 Å². The third kappa shape index (κ3) is 7.31. The molecule has 116 valence electrons.